The molecule has 0 bridgehead atoms. The number of esters is 1. The summed E-state index contributed by atoms with van der Waals surface area (Å²) in [4.78, 5) is 20.6. The molecule has 0 aliphatic rings. The average molecular weight is 438 g/mol. The van der Waals surface area contributed by atoms with Crippen LogP contribution in [0.15, 0.2) is 36.5 Å². The summed E-state index contributed by atoms with van der Waals surface area (Å²) in [6.45, 7) is 1.97. The normalized spacial score (nSPS) is 13.3. The van der Waals surface area contributed by atoms with Crippen molar-refractivity contribution in [3.8, 4) is 5.75 Å². The van der Waals surface area contributed by atoms with E-state index in [2.05, 4.69) is 14.7 Å². The Bertz CT molecular complexity index is 949. The van der Waals surface area contributed by atoms with Gasteiger partial charge in [-0.2, -0.15) is 0 Å². The van der Waals surface area contributed by atoms with Gasteiger partial charge in [0.25, 0.3) is 0 Å². The molecule has 1 N–H and O–H groups in total. The Hall–Kier alpha value is -2.72. The molecule has 164 valence electrons. The lowest BCUT2D eigenvalue weighted by Gasteiger charge is -2.26. The minimum atomic E-state index is -3.70. The van der Waals surface area contributed by atoms with Gasteiger partial charge in [-0.15, -0.1) is 0 Å². The second-order valence-electron chi connectivity index (χ2n) is 6.85. The first kappa shape index (κ1) is 23.6. The van der Waals surface area contributed by atoms with Crippen LogP contribution in [0.1, 0.15) is 24.6 Å². The lowest BCUT2D eigenvalue weighted by Crippen LogP contribution is -2.36. The fourth-order valence-electron chi connectivity index (χ4n) is 2.82. The number of hydrogen-bond donors (Lipinski definition) is 1. The van der Waals surface area contributed by atoms with Gasteiger partial charge < -0.3 is 14.2 Å². The van der Waals surface area contributed by atoms with Crippen molar-refractivity contribution >= 4 is 21.9 Å². The number of aromatic nitrogens is 2. The van der Waals surface area contributed by atoms with Gasteiger partial charge in [0.1, 0.15) is 11.2 Å². The van der Waals surface area contributed by atoms with Crippen LogP contribution in [0, 0.1) is 0 Å². The van der Waals surface area contributed by atoms with Crippen molar-refractivity contribution in [1.82, 2.24) is 9.97 Å². The molecule has 0 fully saturated rings. The number of ether oxygens (including phenoxy) is 3. The van der Waals surface area contributed by atoms with Crippen molar-refractivity contribution in [2.24, 2.45) is 0 Å². The van der Waals surface area contributed by atoms with Gasteiger partial charge in [-0.25, -0.2) is 18.4 Å². The molecule has 1 aromatic heterocycles. The van der Waals surface area contributed by atoms with Gasteiger partial charge in [-0.1, -0.05) is 12.1 Å². The first-order valence-electron chi connectivity index (χ1n) is 9.28. The number of rotatable bonds is 11. The Labute approximate surface area is 176 Å². The molecule has 0 spiro atoms. The van der Waals surface area contributed by atoms with E-state index in [9.17, 15) is 13.2 Å². The largest absolute Gasteiger partial charge is 0.497 e. The number of methoxy groups -OCH3 is 3. The first-order chi connectivity index (χ1) is 14.2. The third-order valence-corrected chi connectivity index (χ3v) is 5.96. The topological polar surface area (TPSA) is 117 Å². The van der Waals surface area contributed by atoms with E-state index < -0.39 is 21.4 Å². The Morgan fingerprint density at radius 3 is 2.43 bits per heavy atom. The predicted octanol–water partition coefficient (Wildman–Crippen LogP) is 1.94. The van der Waals surface area contributed by atoms with Crippen LogP contribution in [0.4, 0.5) is 5.95 Å². The SMILES string of the molecule is COCCC(C)(C(=O)OC)c1ccnc(NS(=O)(=O)CCc2ccc(OC)cc2)n1. The number of carbonyl (C=O) groups is 1. The highest BCUT2D eigenvalue weighted by Gasteiger charge is 2.38. The smallest absolute Gasteiger partial charge is 0.317 e. The van der Waals surface area contributed by atoms with Gasteiger partial charge in [0.05, 0.1) is 25.7 Å². The molecule has 0 amide bonds. The average Bonchev–Trinajstić information content (AvgIpc) is 2.75. The van der Waals surface area contributed by atoms with Crippen LogP contribution in [0.3, 0.4) is 0 Å². The van der Waals surface area contributed by atoms with Crippen molar-refractivity contribution in [3.63, 3.8) is 0 Å². The molecule has 0 radical (unpaired) electrons. The van der Waals surface area contributed by atoms with Crippen molar-refractivity contribution in [2.45, 2.75) is 25.2 Å². The highest BCUT2D eigenvalue weighted by atomic mass is 32.2. The molecule has 0 aliphatic heterocycles. The second-order valence-corrected chi connectivity index (χ2v) is 8.69. The quantitative estimate of drug-likeness (QED) is 0.530. The Morgan fingerprint density at radius 1 is 1.13 bits per heavy atom. The van der Waals surface area contributed by atoms with E-state index in [1.807, 2.05) is 12.1 Å². The number of aryl methyl sites for hydroxylation is 1. The molecular weight excluding hydrogens is 410 g/mol. The Balaban J connectivity index is 2.14. The van der Waals surface area contributed by atoms with Crippen molar-refractivity contribution < 1.29 is 27.4 Å². The van der Waals surface area contributed by atoms with Crippen LogP contribution in [0.5, 0.6) is 5.75 Å². The van der Waals surface area contributed by atoms with Crippen LogP contribution < -0.4 is 9.46 Å². The number of benzene rings is 1. The number of sulfonamides is 1. The number of anilines is 1. The summed E-state index contributed by atoms with van der Waals surface area (Å²) >= 11 is 0. The van der Waals surface area contributed by atoms with E-state index in [-0.39, 0.29) is 11.7 Å². The van der Waals surface area contributed by atoms with E-state index in [0.29, 0.717) is 30.9 Å². The molecule has 9 nitrogen and oxygen atoms in total. The van der Waals surface area contributed by atoms with Crippen LogP contribution in [-0.2, 0) is 36.1 Å². The lowest BCUT2D eigenvalue weighted by atomic mass is 9.83. The second kappa shape index (κ2) is 10.4. The summed E-state index contributed by atoms with van der Waals surface area (Å²) in [5.74, 6) is -0.0429. The molecule has 0 saturated heterocycles. The Kier molecular flexibility index (Phi) is 8.13. The fourth-order valence-corrected chi connectivity index (χ4v) is 3.80. The van der Waals surface area contributed by atoms with Crippen molar-refractivity contribution in [3.05, 3.63) is 47.8 Å². The highest BCUT2D eigenvalue weighted by Crippen LogP contribution is 2.28. The molecule has 1 unspecified atom stereocenters. The molecule has 10 heteroatoms. The highest BCUT2D eigenvalue weighted by molar-refractivity contribution is 7.92. The van der Waals surface area contributed by atoms with Gasteiger partial charge in [0, 0.05) is 19.9 Å². The van der Waals surface area contributed by atoms with Gasteiger partial charge in [0.15, 0.2) is 0 Å². The van der Waals surface area contributed by atoms with Crippen LogP contribution in [0.25, 0.3) is 0 Å². The maximum absolute atomic E-state index is 12.5. The third-order valence-electron chi connectivity index (χ3n) is 4.73. The van der Waals surface area contributed by atoms with E-state index >= 15 is 0 Å². The minimum absolute atomic E-state index is 0.102. The summed E-state index contributed by atoms with van der Waals surface area (Å²) in [5.41, 5.74) is 0.0969. The van der Waals surface area contributed by atoms with Crippen molar-refractivity contribution in [1.29, 1.82) is 0 Å². The van der Waals surface area contributed by atoms with Gasteiger partial charge in [0.2, 0.25) is 16.0 Å². The molecule has 0 aliphatic carbocycles. The van der Waals surface area contributed by atoms with E-state index in [4.69, 9.17) is 14.2 Å². The predicted molar refractivity (Wildman–Crippen MR) is 112 cm³/mol. The zero-order valence-electron chi connectivity index (χ0n) is 17.5. The van der Waals surface area contributed by atoms with Crippen LogP contribution >= 0.6 is 0 Å². The summed E-state index contributed by atoms with van der Waals surface area (Å²) < 4.78 is 42.4. The number of nitrogens with zero attached hydrogens (tertiary/aromatic N) is 2. The molecule has 2 aromatic rings. The zero-order chi connectivity index (χ0) is 22.2. The first-order valence-corrected chi connectivity index (χ1v) is 10.9. The van der Waals surface area contributed by atoms with E-state index in [0.717, 1.165) is 5.56 Å². The summed E-state index contributed by atoms with van der Waals surface area (Å²) in [7, 11) is 0.684. The number of nitrogens with one attached hydrogen (secondary N) is 1. The molecular formula is C20H27N3O6S. The minimum Gasteiger partial charge on any atom is -0.497 e. The molecule has 0 saturated carbocycles. The summed E-state index contributed by atoms with van der Waals surface area (Å²) in [6, 6.07) is 8.72. The fraction of sp³-hybridized carbons (Fsp3) is 0.450. The summed E-state index contributed by atoms with van der Waals surface area (Å²) in [6.07, 6.45) is 2.03. The maximum Gasteiger partial charge on any atom is 0.317 e. The Morgan fingerprint density at radius 2 is 1.83 bits per heavy atom. The van der Waals surface area contributed by atoms with Gasteiger partial charge >= 0.3 is 5.97 Å². The molecule has 2 rings (SSSR count). The van der Waals surface area contributed by atoms with Crippen LogP contribution in [0.2, 0.25) is 0 Å². The van der Waals surface area contributed by atoms with E-state index in [1.54, 1.807) is 32.2 Å². The monoisotopic (exact) mass is 437 g/mol. The standard InChI is InChI=1S/C20H27N3O6S/c1-20(11-13-27-2,18(24)29-4)17-9-12-21-19(22-17)23-30(25,26)14-10-15-5-7-16(28-3)8-6-15/h5-9,12H,10-11,13-14H2,1-4H3,(H,21,22,23). The van der Waals surface area contributed by atoms with Gasteiger partial charge in [-0.05, 0) is 43.5 Å². The summed E-state index contributed by atoms with van der Waals surface area (Å²) in [5, 5.41) is 0. The van der Waals surface area contributed by atoms with Crippen molar-refractivity contribution in [2.75, 3.05) is 38.4 Å². The third kappa shape index (κ3) is 6.14. The molecule has 1 atom stereocenters. The lowest BCUT2D eigenvalue weighted by molar-refractivity contribution is -0.147. The van der Waals surface area contributed by atoms with E-state index in [1.165, 1.54) is 20.4 Å². The molecule has 1 heterocycles. The molecule has 30 heavy (non-hydrogen) atoms. The maximum atomic E-state index is 12.5. The van der Waals surface area contributed by atoms with Gasteiger partial charge in [-0.3, -0.25) is 9.52 Å². The number of hydrogen-bond acceptors (Lipinski definition) is 8. The number of carbonyl (C=O) groups excluding carboxylic acids is 1. The zero-order valence-corrected chi connectivity index (χ0v) is 18.4. The van der Waals surface area contributed by atoms with Crippen LogP contribution in [-0.4, -0.2) is 58.0 Å². The molecule has 1 aromatic carbocycles.